The van der Waals surface area contributed by atoms with Crippen molar-refractivity contribution in [3.8, 4) is 0 Å². The minimum absolute atomic E-state index is 0.205. The second-order valence-electron chi connectivity index (χ2n) is 6.59. The maximum Gasteiger partial charge on any atom is 0.123 e. The molecule has 2 atom stereocenters. The van der Waals surface area contributed by atoms with Crippen LogP contribution in [0.15, 0.2) is 24.3 Å². The number of aliphatic hydroxyl groups excluding tert-OH is 1. The zero-order valence-corrected chi connectivity index (χ0v) is 14.1. The third kappa shape index (κ3) is 5.14. The normalized spacial score (nSPS) is 23.6. The van der Waals surface area contributed by atoms with Crippen molar-refractivity contribution in [3.63, 3.8) is 0 Å². The maximum absolute atomic E-state index is 13.0. The molecule has 1 aromatic rings. The number of piperazine rings is 1. The van der Waals surface area contributed by atoms with E-state index >= 15 is 0 Å². The predicted octanol–water partition coefficient (Wildman–Crippen LogP) is 1.50. The molecule has 0 unspecified atom stereocenters. The first-order chi connectivity index (χ1) is 11.7. The molecule has 0 saturated carbocycles. The van der Waals surface area contributed by atoms with Crippen LogP contribution in [0.1, 0.15) is 12.8 Å². The Labute approximate surface area is 143 Å². The Morgan fingerprint density at radius 1 is 1.21 bits per heavy atom. The lowest BCUT2D eigenvalue weighted by Gasteiger charge is -2.36. The Kier molecular flexibility index (Phi) is 6.43. The van der Waals surface area contributed by atoms with Crippen molar-refractivity contribution in [1.82, 2.24) is 4.90 Å². The van der Waals surface area contributed by atoms with Gasteiger partial charge < -0.3 is 19.5 Å². The molecule has 2 aliphatic heterocycles. The summed E-state index contributed by atoms with van der Waals surface area (Å²) in [6.07, 6.45) is 1.90. The van der Waals surface area contributed by atoms with Gasteiger partial charge in [0, 0.05) is 45.0 Å². The topological polar surface area (TPSA) is 45.2 Å². The second kappa shape index (κ2) is 8.76. The molecule has 0 bridgehead atoms. The first-order valence-corrected chi connectivity index (χ1v) is 8.81. The summed E-state index contributed by atoms with van der Waals surface area (Å²) in [5.41, 5.74) is 1.05. The molecule has 0 spiro atoms. The molecule has 6 heteroatoms. The van der Waals surface area contributed by atoms with E-state index in [2.05, 4.69) is 9.80 Å². The van der Waals surface area contributed by atoms with Gasteiger partial charge in [0.15, 0.2) is 0 Å². The number of rotatable bonds is 7. The van der Waals surface area contributed by atoms with E-state index in [4.69, 9.17) is 9.47 Å². The van der Waals surface area contributed by atoms with Crippen LogP contribution in [0.4, 0.5) is 10.1 Å². The zero-order valence-electron chi connectivity index (χ0n) is 14.1. The highest BCUT2D eigenvalue weighted by Crippen LogP contribution is 2.17. The van der Waals surface area contributed by atoms with Gasteiger partial charge in [-0.3, -0.25) is 4.90 Å². The Bertz CT molecular complexity index is 486. The van der Waals surface area contributed by atoms with Gasteiger partial charge in [-0.15, -0.1) is 0 Å². The van der Waals surface area contributed by atoms with Crippen molar-refractivity contribution < 1.29 is 19.0 Å². The van der Waals surface area contributed by atoms with Crippen LogP contribution in [0.25, 0.3) is 0 Å². The molecule has 1 aromatic carbocycles. The number of β-amino-alcohol motifs (C(OH)–C–C–N with tert-alkyl or cyclic N) is 1. The van der Waals surface area contributed by atoms with Crippen LogP contribution in [0.3, 0.4) is 0 Å². The van der Waals surface area contributed by atoms with Crippen LogP contribution in [0, 0.1) is 5.82 Å². The summed E-state index contributed by atoms with van der Waals surface area (Å²) >= 11 is 0. The number of ether oxygens (including phenoxy) is 2. The number of benzene rings is 1. The molecule has 3 rings (SSSR count). The van der Waals surface area contributed by atoms with E-state index in [1.54, 1.807) is 0 Å². The molecule has 0 aliphatic carbocycles. The van der Waals surface area contributed by atoms with Crippen LogP contribution < -0.4 is 4.90 Å². The van der Waals surface area contributed by atoms with Crippen molar-refractivity contribution >= 4 is 5.69 Å². The highest BCUT2D eigenvalue weighted by atomic mass is 19.1. The van der Waals surface area contributed by atoms with E-state index in [1.165, 1.54) is 12.1 Å². The highest BCUT2D eigenvalue weighted by molar-refractivity contribution is 5.46. The quantitative estimate of drug-likeness (QED) is 0.816. The highest BCUT2D eigenvalue weighted by Gasteiger charge is 2.20. The summed E-state index contributed by atoms with van der Waals surface area (Å²) in [5.74, 6) is -0.205. The Morgan fingerprint density at radius 3 is 2.62 bits per heavy atom. The van der Waals surface area contributed by atoms with Crippen molar-refractivity contribution in [3.05, 3.63) is 30.1 Å². The number of hydrogen-bond donors (Lipinski definition) is 1. The first-order valence-electron chi connectivity index (χ1n) is 8.81. The summed E-state index contributed by atoms with van der Waals surface area (Å²) in [7, 11) is 0. The zero-order chi connectivity index (χ0) is 16.8. The van der Waals surface area contributed by atoms with E-state index in [0.29, 0.717) is 19.8 Å². The van der Waals surface area contributed by atoms with Crippen molar-refractivity contribution in [2.75, 3.05) is 57.4 Å². The monoisotopic (exact) mass is 338 g/mol. The molecule has 2 heterocycles. The third-order valence-corrected chi connectivity index (χ3v) is 4.67. The lowest BCUT2D eigenvalue weighted by molar-refractivity contribution is -0.0254. The Hall–Kier alpha value is -1.21. The summed E-state index contributed by atoms with van der Waals surface area (Å²) in [4.78, 5) is 4.50. The van der Waals surface area contributed by atoms with Crippen LogP contribution in [-0.2, 0) is 9.47 Å². The summed E-state index contributed by atoms with van der Waals surface area (Å²) in [6.45, 7) is 5.94. The summed E-state index contributed by atoms with van der Waals surface area (Å²) in [6, 6.07) is 6.63. The van der Waals surface area contributed by atoms with Crippen LogP contribution in [0.5, 0.6) is 0 Å². The molecular weight excluding hydrogens is 311 g/mol. The lowest BCUT2D eigenvalue weighted by Crippen LogP contribution is -2.49. The average Bonchev–Trinajstić information content (AvgIpc) is 3.10. The van der Waals surface area contributed by atoms with Gasteiger partial charge in [0.05, 0.1) is 25.4 Å². The van der Waals surface area contributed by atoms with E-state index < -0.39 is 6.10 Å². The molecule has 1 N–H and O–H groups in total. The molecule has 2 fully saturated rings. The van der Waals surface area contributed by atoms with Gasteiger partial charge in [0.25, 0.3) is 0 Å². The van der Waals surface area contributed by atoms with Gasteiger partial charge in [0.2, 0.25) is 0 Å². The molecular formula is C18H27FN2O3. The van der Waals surface area contributed by atoms with Crippen LogP contribution in [-0.4, -0.2) is 74.8 Å². The summed E-state index contributed by atoms with van der Waals surface area (Å²) in [5, 5.41) is 10.1. The largest absolute Gasteiger partial charge is 0.389 e. The Balaban J connectivity index is 1.33. The Morgan fingerprint density at radius 2 is 1.96 bits per heavy atom. The number of halogens is 1. The SMILES string of the molecule is O[C@H](COC[C@@H]1CCCO1)CN1CCN(c2ccc(F)cc2)CC1. The van der Waals surface area contributed by atoms with Gasteiger partial charge in [-0.2, -0.15) is 0 Å². The molecule has 0 aromatic heterocycles. The fourth-order valence-electron chi connectivity index (χ4n) is 3.30. The summed E-state index contributed by atoms with van der Waals surface area (Å²) < 4.78 is 24.1. The molecule has 134 valence electrons. The minimum Gasteiger partial charge on any atom is -0.389 e. The van der Waals surface area contributed by atoms with E-state index in [0.717, 1.165) is 51.3 Å². The fraction of sp³-hybridized carbons (Fsp3) is 0.667. The van der Waals surface area contributed by atoms with E-state index in [1.807, 2.05) is 12.1 Å². The van der Waals surface area contributed by atoms with Crippen LogP contribution >= 0.6 is 0 Å². The van der Waals surface area contributed by atoms with Crippen molar-refractivity contribution in [1.29, 1.82) is 0 Å². The molecule has 0 amide bonds. The van der Waals surface area contributed by atoms with E-state index in [-0.39, 0.29) is 11.9 Å². The lowest BCUT2D eigenvalue weighted by atomic mass is 10.2. The number of hydrogen-bond acceptors (Lipinski definition) is 5. The first kappa shape index (κ1) is 17.6. The van der Waals surface area contributed by atoms with Gasteiger partial charge in [-0.1, -0.05) is 0 Å². The van der Waals surface area contributed by atoms with Gasteiger partial charge in [0.1, 0.15) is 5.82 Å². The second-order valence-corrected chi connectivity index (χ2v) is 6.59. The predicted molar refractivity (Wildman–Crippen MR) is 90.9 cm³/mol. The van der Waals surface area contributed by atoms with Gasteiger partial charge >= 0.3 is 0 Å². The minimum atomic E-state index is -0.469. The molecule has 5 nitrogen and oxygen atoms in total. The smallest absolute Gasteiger partial charge is 0.123 e. The molecule has 2 aliphatic rings. The number of anilines is 1. The average molecular weight is 338 g/mol. The third-order valence-electron chi connectivity index (χ3n) is 4.67. The maximum atomic E-state index is 13.0. The number of nitrogens with zero attached hydrogens (tertiary/aromatic N) is 2. The van der Waals surface area contributed by atoms with Crippen molar-refractivity contribution in [2.24, 2.45) is 0 Å². The molecule has 24 heavy (non-hydrogen) atoms. The van der Waals surface area contributed by atoms with Crippen LogP contribution in [0.2, 0.25) is 0 Å². The van der Waals surface area contributed by atoms with Gasteiger partial charge in [-0.25, -0.2) is 4.39 Å². The van der Waals surface area contributed by atoms with Crippen molar-refractivity contribution in [2.45, 2.75) is 25.0 Å². The fourth-order valence-corrected chi connectivity index (χ4v) is 3.30. The van der Waals surface area contributed by atoms with Gasteiger partial charge in [-0.05, 0) is 37.1 Å². The van der Waals surface area contributed by atoms with E-state index in [9.17, 15) is 9.50 Å². The number of aliphatic hydroxyl groups is 1. The standard InChI is InChI=1S/C18H27FN2O3/c19-15-3-5-16(6-4-15)21-9-7-20(8-10-21)12-17(22)13-23-14-18-2-1-11-24-18/h3-6,17-18,22H,1-2,7-14H2/t17-,18-/m0/s1. The molecule has 2 saturated heterocycles. The molecule has 0 radical (unpaired) electrons.